The van der Waals surface area contributed by atoms with Gasteiger partial charge in [-0.3, -0.25) is 4.79 Å². The maximum absolute atomic E-state index is 12.1. The van der Waals surface area contributed by atoms with Gasteiger partial charge in [-0.25, -0.2) is 9.97 Å². The number of nitrogens with zero attached hydrogens (tertiary/aromatic N) is 3. The maximum Gasteiger partial charge on any atom is 0.272 e. The van der Waals surface area contributed by atoms with Crippen LogP contribution in [0, 0.1) is 0 Å². The molecule has 5 heteroatoms. The van der Waals surface area contributed by atoms with E-state index in [-0.39, 0.29) is 5.91 Å². The van der Waals surface area contributed by atoms with E-state index < -0.39 is 0 Å². The van der Waals surface area contributed by atoms with Crippen LogP contribution in [0.5, 0.6) is 0 Å². The van der Waals surface area contributed by atoms with Crippen LogP contribution in [0.3, 0.4) is 0 Å². The Morgan fingerprint density at radius 1 is 1.39 bits per heavy atom. The van der Waals surface area contributed by atoms with Crippen molar-refractivity contribution in [2.45, 2.75) is 33.1 Å². The van der Waals surface area contributed by atoms with Gasteiger partial charge in [0.05, 0.1) is 0 Å². The molecular formula is C13H22N4O. The summed E-state index contributed by atoms with van der Waals surface area (Å²) in [7, 11) is 1.80. The lowest BCUT2D eigenvalue weighted by Gasteiger charge is -2.16. The predicted octanol–water partition coefficient (Wildman–Crippen LogP) is 2.17. The summed E-state index contributed by atoms with van der Waals surface area (Å²) in [5.74, 6) is 0.469. The van der Waals surface area contributed by atoms with Crippen LogP contribution in [-0.2, 0) is 0 Å². The molecule has 0 aromatic carbocycles. The van der Waals surface area contributed by atoms with E-state index in [9.17, 15) is 4.79 Å². The minimum Gasteiger partial charge on any atom is -0.354 e. The van der Waals surface area contributed by atoms with Gasteiger partial charge in [0, 0.05) is 26.3 Å². The summed E-state index contributed by atoms with van der Waals surface area (Å²) >= 11 is 0. The van der Waals surface area contributed by atoms with Crippen LogP contribution >= 0.6 is 0 Å². The summed E-state index contributed by atoms with van der Waals surface area (Å²) in [5.41, 5.74) is 0.446. The minimum absolute atomic E-state index is 0.0506. The summed E-state index contributed by atoms with van der Waals surface area (Å²) < 4.78 is 0. The van der Waals surface area contributed by atoms with Gasteiger partial charge in [0.25, 0.3) is 5.91 Å². The number of amides is 1. The Bertz CT molecular complexity index is 381. The second kappa shape index (κ2) is 7.63. The molecule has 0 saturated carbocycles. The number of nitrogens with one attached hydrogen (secondary N) is 1. The summed E-state index contributed by atoms with van der Waals surface area (Å²) in [6, 6.07) is 1.65. The van der Waals surface area contributed by atoms with Gasteiger partial charge in [-0.1, -0.05) is 20.3 Å². The highest BCUT2D eigenvalue weighted by Gasteiger charge is 2.13. The van der Waals surface area contributed by atoms with Crippen LogP contribution in [0.1, 0.15) is 43.6 Å². The van der Waals surface area contributed by atoms with Gasteiger partial charge in [0.1, 0.15) is 5.69 Å². The van der Waals surface area contributed by atoms with Gasteiger partial charge in [0.2, 0.25) is 5.95 Å². The first-order valence-electron chi connectivity index (χ1n) is 6.51. The largest absolute Gasteiger partial charge is 0.354 e. The van der Waals surface area contributed by atoms with Gasteiger partial charge >= 0.3 is 0 Å². The number of anilines is 1. The predicted molar refractivity (Wildman–Crippen MR) is 72.7 cm³/mol. The molecule has 0 aliphatic rings. The zero-order valence-electron chi connectivity index (χ0n) is 11.4. The fourth-order valence-corrected chi connectivity index (χ4v) is 1.49. The zero-order valence-corrected chi connectivity index (χ0v) is 11.4. The average molecular weight is 250 g/mol. The molecule has 0 atom stereocenters. The molecule has 0 radical (unpaired) electrons. The molecule has 1 heterocycles. The Labute approximate surface area is 109 Å². The average Bonchev–Trinajstić information content (AvgIpc) is 2.42. The van der Waals surface area contributed by atoms with Crippen LogP contribution in [-0.4, -0.2) is 40.9 Å². The lowest BCUT2D eigenvalue weighted by molar-refractivity contribution is 0.0787. The van der Waals surface area contributed by atoms with Crippen molar-refractivity contribution in [1.82, 2.24) is 14.9 Å². The number of carbonyl (C=O) groups is 1. The SMILES string of the molecule is CCCCN(C)C(=O)c1ccnc(NCCC)n1. The van der Waals surface area contributed by atoms with Crippen LogP contribution < -0.4 is 5.32 Å². The van der Waals surface area contributed by atoms with Gasteiger partial charge in [-0.15, -0.1) is 0 Å². The molecule has 1 rings (SSSR count). The highest BCUT2D eigenvalue weighted by atomic mass is 16.2. The van der Waals surface area contributed by atoms with Gasteiger partial charge in [0.15, 0.2) is 0 Å². The summed E-state index contributed by atoms with van der Waals surface area (Å²) in [5, 5.41) is 3.08. The monoisotopic (exact) mass is 250 g/mol. The fourth-order valence-electron chi connectivity index (χ4n) is 1.49. The first-order valence-corrected chi connectivity index (χ1v) is 6.51. The Morgan fingerprint density at radius 2 is 2.17 bits per heavy atom. The standard InChI is InChI=1S/C13H22N4O/c1-4-6-10-17(3)12(18)11-7-9-15-13(16-11)14-8-5-2/h7,9H,4-6,8,10H2,1-3H3,(H,14,15,16). The number of aromatic nitrogens is 2. The Hall–Kier alpha value is -1.65. The number of hydrogen-bond acceptors (Lipinski definition) is 4. The van der Waals surface area contributed by atoms with Crippen molar-refractivity contribution in [3.8, 4) is 0 Å². The minimum atomic E-state index is -0.0506. The molecule has 18 heavy (non-hydrogen) atoms. The fraction of sp³-hybridized carbons (Fsp3) is 0.615. The van der Waals surface area contributed by atoms with Crippen molar-refractivity contribution in [1.29, 1.82) is 0 Å². The van der Waals surface area contributed by atoms with E-state index >= 15 is 0 Å². The molecule has 0 unspecified atom stereocenters. The van der Waals surface area contributed by atoms with Crippen LogP contribution in [0.15, 0.2) is 12.3 Å². The molecule has 0 saturated heterocycles. The smallest absolute Gasteiger partial charge is 0.272 e. The highest BCUT2D eigenvalue weighted by molar-refractivity contribution is 5.92. The number of unbranched alkanes of at least 4 members (excludes halogenated alkanes) is 1. The van der Waals surface area contributed by atoms with Crippen molar-refractivity contribution < 1.29 is 4.79 Å². The quantitative estimate of drug-likeness (QED) is 0.805. The van der Waals surface area contributed by atoms with Gasteiger partial charge in [-0.2, -0.15) is 0 Å². The Balaban J connectivity index is 2.67. The van der Waals surface area contributed by atoms with Crippen molar-refractivity contribution >= 4 is 11.9 Å². The lowest BCUT2D eigenvalue weighted by atomic mass is 10.3. The summed E-state index contributed by atoms with van der Waals surface area (Å²) in [6.07, 6.45) is 4.70. The Morgan fingerprint density at radius 3 is 2.83 bits per heavy atom. The second-order valence-corrected chi connectivity index (χ2v) is 4.27. The van der Waals surface area contributed by atoms with Gasteiger partial charge in [-0.05, 0) is 18.9 Å². The van der Waals surface area contributed by atoms with Crippen LogP contribution in [0.25, 0.3) is 0 Å². The number of hydrogen-bond donors (Lipinski definition) is 1. The van der Waals surface area contributed by atoms with Crippen molar-refractivity contribution in [3.05, 3.63) is 18.0 Å². The normalized spacial score (nSPS) is 10.2. The Kier molecular flexibility index (Phi) is 6.11. The van der Waals surface area contributed by atoms with E-state index in [1.807, 2.05) is 0 Å². The van der Waals surface area contributed by atoms with E-state index in [0.29, 0.717) is 11.6 Å². The first-order chi connectivity index (χ1) is 8.69. The number of rotatable bonds is 7. The van der Waals surface area contributed by atoms with Crippen LogP contribution in [0.2, 0.25) is 0 Å². The molecule has 0 bridgehead atoms. The molecule has 100 valence electrons. The topological polar surface area (TPSA) is 58.1 Å². The third kappa shape index (κ3) is 4.31. The third-order valence-electron chi connectivity index (χ3n) is 2.60. The van der Waals surface area contributed by atoms with Gasteiger partial charge < -0.3 is 10.2 Å². The highest BCUT2D eigenvalue weighted by Crippen LogP contribution is 2.04. The molecule has 0 fully saturated rings. The summed E-state index contributed by atoms with van der Waals surface area (Å²) in [4.78, 5) is 22.1. The molecule has 0 aliphatic heterocycles. The third-order valence-corrected chi connectivity index (χ3v) is 2.60. The van der Waals surface area contributed by atoms with Crippen LogP contribution in [0.4, 0.5) is 5.95 Å². The maximum atomic E-state index is 12.1. The molecule has 1 aromatic heterocycles. The molecule has 1 N–H and O–H groups in total. The molecule has 1 amide bonds. The van der Waals surface area contributed by atoms with E-state index in [1.54, 1.807) is 24.2 Å². The van der Waals surface area contributed by atoms with E-state index in [0.717, 1.165) is 32.4 Å². The van der Waals surface area contributed by atoms with E-state index in [4.69, 9.17) is 0 Å². The molecule has 1 aromatic rings. The first kappa shape index (κ1) is 14.4. The summed E-state index contributed by atoms with van der Waals surface area (Å²) in [6.45, 7) is 5.75. The van der Waals surface area contributed by atoms with E-state index in [1.165, 1.54) is 0 Å². The van der Waals surface area contributed by atoms with Crippen molar-refractivity contribution in [2.24, 2.45) is 0 Å². The van der Waals surface area contributed by atoms with E-state index in [2.05, 4.69) is 29.1 Å². The molecular weight excluding hydrogens is 228 g/mol. The number of carbonyl (C=O) groups excluding carboxylic acids is 1. The van der Waals surface area contributed by atoms with Crippen molar-refractivity contribution in [2.75, 3.05) is 25.5 Å². The molecule has 0 aliphatic carbocycles. The molecule has 5 nitrogen and oxygen atoms in total. The lowest BCUT2D eigenvalue weighted by Crippen LogP contribution is -2.28. The second-order valence-electron chi connectivity index (χ2n) is 4.27. The zero-order chi connectivity index (χ0) is 13.4. The van der Waals surface area contributed by atoms with Crippen molar-refractivity contribution in [3.63, 3.8) is 0 Å². The molecule has 0 spiro atoms.